The third-order valence-electron chi connectivity index (χ3n) is 2.70. The number of carbonyl (C=O) groups is 1. The van der Waals surface area contributed by atoms with Gasteiger partial charge in [-0.1, -0.05) is 6.92 Å². The maximum atomic E-state index is 11.9. The number of imidazole rings is 1. The van der Waals surface area contributed by atoms with Gasteiger partial charge < -0.3 is 14.6 Å². The van der Waals surface area contributed by atoms with E-state index in [-0.39, 0.29) is 23.5 Å². The molecule has 1 heterocycles. The molecule has 0 saturated carbocycles. The topological polar surface area (TPSA) is 90.3 Å². The van der Waals surface area contributed by atoms with E-state index in [9.17, 15) is 13.2 Å². The Morgan fingerprint density at radius 3 is 2.76 bits per heavy atom. The molecule has 9 heteroatoms. The van der Waals surface area contributed by atoms with Crippen LogP contribution in [0.1, 0.15) is 26.1 Å². The maximum Gasteiger partial charge on any atom is 0.280 e. The fourth-order valence-electron chi connectivity index (χ4n) is 1.87. The summed E-state index contributed by atoms with van der Waals surface area (Å²) in [5.74, 6) is 0.277. The number of nitrogens with zero attached hydrogens (tertiary/aromatic N) is 2. The number of nitrogens with one attached hydrogen (secondary N) is 1. The summed E-state index contributed by atoms with van der Waals surface area (Å²) in [5, 5.41) is 2.52. The Balaban J connectivity index is 2.86. The van der Waals surface area contributed by atoms with Gasteiger partial charge in [-0.15, -0.1) is 0 Å². The zero-order chi connectivity index (χ0) is 16.0. The van der Waals surface area contributed by atoms with Gasteiger partial charge >= 0.3 is 0 Å². The number of hydrogen-bond donors (Lipinski definition) is 1. The number of aryl methyl sites for hydroxylation is 1. The maximum absolute atomic E-state index is 11.9. The highest BCUT2D eigenvalue weighted by molar-refractivity contribution is 8.13. The highest BCUT2D eigenvalue weighted by atomic mass is 35.7. The summed E-state index contributed by atoms with van der Waals surface area (Å²) >= 11 is 0. The molecule has 1 rings (SSSR count). The first-order valence-corrected chi connectivity index (χ1v) is 8.87. The summed E-state index contributed by atoms with van der Waals surface area (Å²) in [6.07, 6.45) is 2.63. The van der Waals surface area contributed by atoms with Gasteiger partial charge in [0.1, 0.15) is 12.4 Å². The molecule has 0 aliphatic rings. The van der Waals surface area contributed by atoms with Crippen LogP contribution >= 0.6 is 10.7 Å². The van der Waals surface area contributed by atoms with Gasteiger partial charge in [-0.05, 0) is 13.3 Å². The van der Waals surface area contributed by atoms with E-state index in [1.807, 2.05) is 13.8 Å². The van der Waals surface area contributed by atoms with Gasteiger partial charge in [0.05, 0.1) is 6.61 Å². The molecule has 1 N–H and O–H groups in total. The molecule has 1 amide bonds. The molecule has 1 aromatic rings. The molecule has 0 bridgehead atoms. The fourth-order valence-corrected chi connectivity index (χ4v) is 2.56. The van der Waals surface area contributed by atoms with Crippen molar-refractivity contribution in [2.24, 2.45) is 0 Å². The lowest BCUT2D eigenvalue weighted by Gasteiger charge is -2.13. The second-order valence-corrected chi connectivity index (χ2v) is 7.25. The number of hydrogen-bond acceptors (Lipinski definition) is 5. The average Bonchev–Trinajstić information content (AvgIpc) is 2.72. The predicted octanol–water partition coefficient (Wildman–Crippen LogP) is 0.914. The first-order valence-electron chi connectivity index (χ1n) is 6.57. The lowest BCUT2D eigenvalue weighted by molar-refractivity contribution is -0.122. The summed E-state index contributed by atoms with van der Waals surface area (Å²) in [7, 11) is 2.93. The smallest absolute Gasteiger partial charge is 0.280 e. The van der Waals surface area contributed by atoms with E-state index >= 15 is 0 Å². The SMILES string of the molecule is CCCc1nc(S(=O)(=O)Cl)cn1CC(=O)NC(C)COC. The van der Waals surface area contributed by atoms with Crippen LogP contribution in [0, 0.1) is 0 Å². The largest absolute Gasteiger partial charge is 0.383 e. The Hall–Kier alpha value is -1.12. The molecule has 0 radical (unpaired) electrons. The minimum Gasteiger partial charge on any atom is -0.383 e. The molecule has 1 unspecified atom stereocenters. The molecular weight excluding hydrogens is 318 g/mol. The van der Waals surface area contributed by atoms with Crippen LogP contribution in [0.25, 0.3) is 0 Å². The van der Waals surface area contributed by atoms with Gasteiger partial charge in [0.25, 0.3) is 9.05 Å². The number of ether oxygens (including phenoxy) is 1. The highest BCUT2D eigenvalue weighted by Crippen LogP contribution is 2.15. The van der Waals surface area contributed by atoms with Crippen LogP contribution in [0.15, 0.2) is 11.2 Å². The van der Waals surface area contributed by atoms with E-state index < -0.39 is 9.05 Å². The summed E-state index contributed by atoms with van der Waals surface area (Å²) in [4.78, 5) is 15.9. The third kappa shape index (κ3) is 5.64. The summed E-state index contributed by atoms with van der Waals surface area (Å²) in [6, 6.07) is -0.128. The first kappa shape index (κ1) is 17.9. The van der Waals surface area contributed by atoms with Gasteiger partial charge in [-0.3, -0.25) is 4.79 Å². The first-order chi connectivity index (χ1) is 9.77. The second-order valence-electron chi connectivity index (χ2n) is 4.74. The van der Waals surface area contributed by atoms with E-state index in [2.05, 4.69) is 10.3 Å². The van der Waals surface area contributed by atoms with Crippen LogP contribution in [0.2, 0.25) is 0 Å². The number of halogens is 1. The number of amides is 1. The van der Waals surface area contributed by atoms with E-state index in [1.54, 1.807) is 7.11 Å². The molecule has 1 aromatic heterocycles. The minimum absolute atomic E-state index is 0.0111. The number of aromatic nitrogens is 2. The van der Waals surface area contributed by atoms with Crippen molar-refractivity contribution in [1.82, 2.24) is 14.9 Å². The van der Waals surface area contributed by atoms with Gasteiger partial charge in [-0.2, -0.15) is 0 Å². The third-order valence-corrected chi connectivity index (χ3v) is 3.87. The molecule has 7 nitrogen and oxygen atoms in total. The van der Waals surface area contributed by atoms with E-state index in [0.29, 0.717) is 18.9 Å². The van der Waals surface area contributed by atoms with Crippen LogP contribution in [-0.4, -0.2) is 43.6 Å². The van der Waals surface area contributed by atoms with Crippen molar-refractivity contribution in [3.8, 4) is 0 Å². The Morgan fingerprint density at radius 1 is 1.57 bits per heavy atom. The van der Waals surface area contributed by atoms with Crippen molar-refractivity contribution in [2.75, 3.05) is 13.7 Å². The fraction of sp³-hybridized carbons (Fsp3) is 0.667. The molecule has 1 atom stereocenters. The molecule has 21 heavy (non-hydrogen) atoms. The van der Waals surface area contributed by atoms with Crippen LogP contribution in [0.5, 0.6) is 0 Å². The highest BCUT2D eigenvalue weighted by Gasteiger charge is 2.19. The van der Waals surface area contributed by atoms with Crippen LogP contribution in [0.4, 0.5) is 0 Å². The number of methoxy groups -OCH3 is 1. The van der Waals surface area contributed by atoms with Crippen molar-refractivity contribution < 1.29 is 17.9 Å². The van der Waals surface area contributed by atoms with E-state index in [4.69, 9.17) is 15.4 Å². The zero-order valence-corrected chi connectivity index (χ0v) is 13.9. The molecule has 0 fully saturated rings. The number of rotatable bonds is 8. The number of carbonyl (C=O) groups excluding carboxylic acids is 1. The van der Waals surface area contributed by atoms with Crippen molar-refractivity contribution in [2.45, 2.75) is 44.3 Å². The summed E-state index contributed by atoms with van der Waals surface area (Å²) in [6.45, 7) is 4.15. The zero-order valence-electron chi connectivity index (χ0n) is 12.3. The predicted molar refractivity (Wildman–Crippen MR) is 78.7 cm³/mol. The minimum atomic E-state index is -3.90. The van der Waals surface area contributed by atoms with E-state index in [1.165, 1.54) is 10.8 Å². The normalized spacial score (nSPS) is 13.1. The second kappa shape index (κ2) is 7.77. The molecule has 0 aliphatic carbocycles. The molecule has 0 saturated heterocycles. The van der Waals surface area contributed by atoms with Gasteiger partial charge in [-0.25, -0.2) is 13.4 Å². The lowest BCUT2D eigenvalue weighted by atomic mass is 10.3. The van der Waals surface area contributed by atoms with Crippen LogP contribution in [-0.2, 0) is 31.5 Å². The van der Waals surface area contributed by atoms with Crippen molar-refractivity contribution >= 4 is 25.6 Å². The van der Waals surface area contributed by atoms with Crippen molar-refractivity contribution in [1.29, 1.82) is 0 Å². The Labute approximate surface area is 129 Å². The standard InChI is InChI=1S/C12H20ClN3O4S/c1-4-5-10-15-12(21(13,18)19)7-16(10)6-11(17)14-9(2)8-20-3/h7,9H,4-6,8H2,1-3H3,(H,14,17). The quantitative estimate of drug-likeness (QED) is 0.712. The lowest BCUT2D eigenvalue weighted by Crippen LogP contribution is -2.37. The average molecular weight is 338 g/mol. The summed E-state index contributed by atoms with van der Waals surface area (Å²) in [5.41, 5.74) is 0. The van der Waals surface area contributed by atoms with Crippen LogP contribution in [0.3, 0.4) is 0 Å². The molecular formula is C12H20ClN3O4S. The monoisotopic (exact) mass is 337 g/mol. The van der Waals surface area contributed by atoms with E-state index in [0.717, 1.165) is 6.42 Å². The Bertz CT molecular complexity index is 585. The van der Waals surface area contributed by atoms with Gasteiger partial charge in [0.15, 0.2) is 5.03 Å². The molecule has 120 valence electrons. The van der Waals surface area contributed by atoms with Gasteiger partial charge in [0.2, 0.25) is 5.91 Å². The Morgan fingerprint density at radius 2 is 2.24 bits per heavy atom. The van der Waals surface area contributed by atoms with Crippen LogP contribution < -0.4 is 5.32 Å². The Kier molecular flexibility index (Phi) is 6.63. The van der Waals surface area contributed by atoms with Crippen molar-refractivity contribution in [3.63, 3.8) is 0 Å². The van der Waals surface area contributed by atoms with Crippen molar-refractivity contribution in [3.05, 3.63) is 12.0 Å². The molecule has 0 aromatic carbocycles. The molecule has 0 aliphatic heterocycles. The molecule has 0 spiro atoms. The summed E-state index contributed by atoms with van der Waals surface area (Å²) < 4.78 is 29.1. The van der Waals surface area contributed by atoms with Gasteiger partial charge in [0, 0.05) is 36.5 Å².